The number of aromatic nitrogens is 1. The van der Waals surface area contributed by atoms with E-state index in [4.69, 9.17) is 4.74 Å². The van der Waals surface area contributed by atoms with Gasteiger partial charge in [0, 0.05) is 37.2 Å². The first kappa shape index (κ1) is 17.1. The predicted molar refractivity (Wildman–Crippen MR) is 74.0 cm³/mol. The second-order valence-corrected chi connectivity index (χ2v) is 6.25. The van der Waals surface area contributed by atoms with E-state index >= 15 is 0 Å². The van der Waals surface area contributed by atoms with Crippen LogP contribution in [0.15, 0.2) is 24.4 Å². The topological polar surface area (TPSA) is 74.6 Å². The van der Waals surface area contributed by atoms with Gasteiger partial charge in [0.1, 0.15) is 12.4 Å². The van der Waals surface area contributed by atoms with Crippen LogP contribution in [0.5, 0.6) is 5.75 Å². The third-order valence-electron chi connectivity index (χ3n) is 2.96. The molecule has 1 aromatic heterocycles. The minimum absolute atomic E-state index is 0.00622. The van der Waals surface area contributed by atoms with Gasteiger partial charge in [-0.1, -0.05) is 0 Å². The summed E-state index contributed by atoms with van der Waals surface area (Å²) in [6.45, 7) is 1.24. The van der Waals surface area contributed by atoms with Gasteiger partial charge in [0.2, 0.25) is 0 Å². The molecule has 0 unspecified atom stereocenters. The Morgan fingerprint density at radius 3 is 2.52 bits per heavy atom. The molecule has 0 bridgehead atoms. The molecule has 0 aliphatic rings. The second kappa shape index (κ2) is 5.76. The molecule has 6 nitrogen and oxygen atoms in total. The average Bonchev–Trinajstić information content (AvgIpc) is 2.71. The Hall–Kier alpha value is -2.23. The number of aryl methyl sites for hydroxylation is 1. The smallest absolute Gasteiger partial charge is 0.461 e. The van der Waals surface area contributed by atoms with Crippen LogP contribution in [0.1, 0.15) is 12.5 Å². The fraction of sp³-hybridized carbons (Fsp3) is 0.308. The molecule has 0 amide bonds. The summed E-state index contributed by atoms with van der Waals surface area (Å²) in [4.78, 5) is 10.8. The number of benzene rings is 1. The fourth-order valence-electron chi connectivity index (χ4n) is 1.97. The summed E-state index contributed by atoms with van der Waals surface area (Å²) in [6, 6.07) is 3.66. The molecule has 1 heterocycles. The van der Waals surface area contributed by atoms with Crippen LogP contribution in [0.2, 0.25) is 0 Å². The van der Waals surface area contributed by atoms with Crippen molar-refractivity contribution in [2.45, 2.75) is 19.0 Å². The molecule has 10 heteroatoms. The summed E-state index contributed by atoms with van der Waals surface area (Å²) in [7, 11) is -4.11. The van der Waals surface area contributed by atoms with E-state index in [0.29, 0.717) is 16.5 Å². The number of hydrogen-bond donors (Lipinski definition) is 0. The first-order valence-electron chi connectivity index (χ1n) is 6.23. The van der Waals surface area contributed by atoms with Crippen molar-refractivity contribution >= 4 is 27.0 Å². The largest absolute Gasteiger partial charge is 0.534 e. The zero-order valence-electron chi connectivity index (χ0n) is 12.0. The first-order valence-corrected chi connectivity index (χ1v) is 7.64. The van der Waals surface area contributed by atoms with Crippen molar-refractivity contribution in [3.8, 4) is 5.75 Å². The van der Waals surface area contributed by atoms with E-state index in [-0.39, 0.29) is 6.61 Å². The molecule has 0 aliphatic carbocycles. The number of carbonyl (C=O) groups excluding carboxylic acids is 1. The number of rotatable bonds is 4. The molecule has 0 saturated heterocycles. The monoisotopic (exact) mass is 351 g/mol. The van der Waals surface area contributed by atoms with Crippen LogP contribution in [-0.2, 0) is 33.3 Å². The van der Waals surface area contributed by atoms with E-state index in [0.717, 1.165) is 12.1 Å². The Labute approximate surface area is 129 Å². The highest BCUT2D eigenvalue weighted by atomic mass is 32.2. The number of nitrogens with zero attached hydrogens (tertiary/aromatic N) is 1. The van der Waals surface area contributed by atoms with Crippen molar-refractivity contribution in [3.05, 3.63) is 30.0 Å². The molecule has 2 aromatic rings. The summed E-state index contributed by atoms with van der Waals surface area (Å²) in [6.07, 6.45) is 1.62. The predicted octanol–water partition coefficient (Wildman–Crippen LogP) is 2.47. The van der Waals surface area contributed by atoms with Crippen molar-refractivity contribution in [1.82, 2.24) is 4.57 Å². The van der Waals surface area contributed by atoms with Gasteiger partial charge in [0.25, 0.3) is 0 Å². The average molecular weight is 351 g/mol. The number of alkyl halides is 3. The van der Waals surface area contributed by atoms with Gasteiger partial charge in [-0.2, -0.15) is 21.6 Å². The van der Waals surface area contributed by atoms with E-state index in [1.54, 1.807) is 17.8 Å². The molecule has 0 spiro atoms. The van der Waals surface area contributed by atoms with Crippen LogP contribution in [-0.4, -0.2) is 24.5 Å². The molecule has 126 valence electrons. The van der Waals surface area contributed by atoms with E-state index < -0.39 is 27.3 Å². The first-order chi connectivity index (χ1) is 10.5. The van der Waals surface area contributed by atoms with Gasteiger partial charge in [-0.3, -0.25) is 4.79 Å². The lowest BCUT2D eigenvalue weighted by Crippen LogP contribution is -2.28. The molecule has 0 radical (unpaired) electrons. The van der Waals surface area contributed by atoms with Gasteiger partial charge >= 0.3 is 21.6 Å². The number of hydrogen-bond acceptors (Lipinski definition) is 5. The van der Waals surface area contributed by atoms with Gasteiger partial charge in [-0.05, 0) is 12.1 Å². The second-order valence-electron chi connectivity index (χ2n) is 4.71. The summed E-state index contributed by atoms with van der Waals surface area (Å²) in [5.41, 5.74) is -4.44. The number of fused-ring (bicyclic) bond motifs is 1. The Morgan fingerprint density at radius 2 is 1.96 bits per heavy atom. The quantitative estimate of drug-likeness (QED) is 0.481. The van der Waals surface area contributed by atoms with Gasteiger partial charge < -0.3 is 13.5 Å². The number of esters is 1. The van der Waals surface area contributed by atoms with Crippen LogP contribution >= 0.6 is 0 Å². The number of ether oxygens (including phenoxy) is 1. The Balaban J connectivity index is 2.37. The molecule has 0 N–H and O–H groups in total. The van der Waals surface area contributed by atoms with Gasteiger partial charge in [-0.15, -0.1) is 0 Å². The lowest BCUT2D eigenvalue weighted by molar-refractivity contribution is -0.142. The van der Waals surface area contributed by atoms with Gasteiger partial charge in [-0.25, -0.2) is 0 Å². The van der Waals surface area contributed by atoms with Gasteiger partial charge in [0.05, 0.1) is 5.52 Å². The summed E-state index contributed by atoms with van der Waals surface area (Å²) < 4.78 is 69.5. The maximum absolute atomic E-state index is 12.3. The molecular formula is C13H12F3NO5S. The van der Waals surface area contributed by atoms with E-state index in [2.05, 4.69) is 4.18 Å². The van der Waals surface area contributed by atoms with Crippen molar-refractivity contribution in [1.29, 1.82) is 0 Å². The summed E-state index contributed by atoms with van der Waals surface area (Å²) >= 11 is 0. The number of halogens is 3. The van der Waals surface area contributed by atoms with E-state index in [1.165, 1.54) is 13.0 Å². The van der Waals surface area contributed by atoms with Crippen molar-refractivity contribution in [2.24, 2.45) is 7.05 Å². The highest BCUT2D eigenvalue weighted by Gasteiger charge is 2.48. The van der Waals surface area contributed by atoms with Crippen molar-refractivity contribution in [2.75, 3.05) is 0 Å². The van der Waals surface area contributed by atoms with Crippen molar-refractivity contribution in [3.63, 3.8) is 0 Å². The van der Waals surface area contributed by atoms with E-state index in [1.807, 2.05) is 0 Å². The Morgan fingerprint density at radius 1 is 1.30 bits per heavy atom. The highest BCUT2D eigenvalue weighted by Crippen LogP contribution is 2.30. The Kier molecular flexibility index (Phi) is 4.29. The summed E-state index contributed by atoms with van der Waals surface area (Å²) in [5, 5.41) is 0.602. The van der Waals surface area contributed by atoms with Crippen LogP contribution in [0, 0.1) is 0 Å². The maximum atomic E-state index is 12.3. The zero-order chi connectivity index (χ0) is 17.4. The highest BCUT2D eigenvalue weighted by molar-refractivity contribution is 7.88. The lowest BCUT2D eigenvalue weighted by Gasteiger charge is -2.09. The third-order valence-corrected chi connectivity index (χ3v) is 3.94. The molecule has 23 heavy (non-hydrogen) atoms. The lowest BCUT2D eigenvalue weighted by atomic mass is 10.2. The van der Waals surface area contributed by atoms with Crippen LogP contribution in [0.3, 0.4) is 0 Å². The van der Waals surface area contributed by atoms with Crippen LogP contribution < -0.4 is 4.18 Å². The van der Waals surface area contributed by atoms with Gasteiger partial charge in [0.15, 0.2) is 0 Å². The standard InChI is InChI=1S/C13H12F3NO5S/c1-8(18)21-7-9-6-17(2)12-5-10(3-4-11(9)12)22-23(19,20)13(14,15)16/h3-6H,7H2,1-2H3. The van der Waals surface area contributed by atoms with Crippen LogP contribution in [0.25, 0.3) is 10.9 Å². The zero-order valence-corrected chi connectivity index (χ0v) is 12.9. The molecule has 2 rings (SSSR count). The molecule has 1 aromatic carbocycles. The normalized spacial score (nSPS) is 12.4. The number of carbonyl (C=O) groups is 1. The molecule has 0 aliphatic heterocycles. The minimum atomic E-state index is -5.73. The van der Waals surface area contributed by atoms with E-state index in [9.17, 15) is 26.4 Å². The van der Waals surface area contributed by atoms with Crippen LogP contribution in [0.4, 0.5) is 13.2 Å². The van der Waals surface area contributed by atoms with Crippen molar-refractivity contribution < 1.29 is 35.3 Å². The third kappa shape index (κ3) is 3.58. The SMILES string of the molecule is CC(=O)OCc1cn(C)c2cc(OS(=O)(=O)C(F)(F)F)ccc12. The minimum Gasteiger partial charge on any atom is -0.461 e. The molecule has 0 saturated carbocycles. The Bertz CT molecular complexity index is 854. The summed E-state index contributed by atoms with van der Waals surface area (Å²) in [5.74, 6) is -0.937. The molecular weight excluding hydrogens is 339 g/mol. The molecule has 0 fully saturated rings. The maximum Gasteiger partial charge on any atom is 0.534 e. The molecule has 0 atom stereocenters. The fourth-order valence-corrected chi connectivity index (χ4v) is 2.42.